The second-order valence-electron chi connectivity index (χ2n) is 3.35. The van der Waals surface area contributed by atoms with Crippen molar-refractivity contribution in [1.82, 2.24) is 14.6 Å². The highest BCUT2D eigenvalue weighted by molar-refractivity contribution is 5.67. The van der Waals surface area contributed by atoms with Crippen molar-refractivity contribution >= 4 is 11.6 Å². The first-order valence-electron chi connectivity index (χ1n) is 4.69. The second kappa shape index (κ2) is 3.68. The molecule has 0 bridgehead atoms. The predicted molar refractivity (Wildman–Crippen MR) is 53.7 cm³/mol. The number of rotatable bonds is 3. The molecule has 78 valence electrons. The maximum absolute atomic E-state index is 10.5. The fraction of sp³-hybridized carbons (Fsp3) is 0.300. The van der Waals surface area contributed by atoms with Crippen LogP contribution in [0.2, 0.25) is 0 Å². The van der Waals surface area contributed by atoms with E-state index in [2.05, 4.69) is 10.1 Å². The monoisotopic (exact) mass is 205 g/mol. The number of aliphatic carboxylic acids is 1. The minimum Gasteiger partial charge on any atom is -0.481 e. The van der Waals surface area contributed by atoms with Crippen molar-refractivity contribution in [2.45, 2.75) is 19.8 Å². The van der Waals surface area contributed by atoms with Crippen LogP contribution in [0.5, 0.6) is 0 Å². The average molecular weight is 205 g/mol. The lowest BCUT2D eigenvalue weighted by Crippen LogP contribution is -1.99. The molecule has 0 saturated carbocycles. The summed E-state index contributed by atoms with van der Waals surface area (Å²) in [6.45, 7) is 1.81. The fourth-order valence-electron chi connectivity index (χ4n) is 1.50. The lowest BCUT2D eigenvalue weighted by molar-refractivity contribution is -0.136. The Morgan fingerprint density at radius 2 is 2.40 bits per heavy atom. The van der Waals surface area contributed by atoms with Gasteiger partial charge in [-0.3, -0.25) is 4.79 Å². The highest BCUT2D eigenvalue weighted by atomic mass is 16.4. The summed E-state index contributed by atoms with van der Waals surface area (Å²) in [4.78, 5) is 14.7. The van der Waals surface area contributed by atoms with E-state index in [1.807, 2.05) is 19.1 Å². The number of aryl methyl sites for hydroxylation is 2. The van der Waals surface area contributed by atoms with Gasteiger partial charge < -0.3 is 5.11 Å². The van der Waals surface area contributed by atoms with Crippen LogP contribution in [0.4, 0.5) is 0 Å². The van der Waals surface area contributed by atoms with E-state index in [0.29, 0.717) is 12.2 Å². The normalized spacial score (nSPS) is 10.7. The fourth-order valence-corrected chi connectivity index (χ4v) is 1.50. The van der Waals surface area contributed by atoms with Crippen LogP contribution in [0, 0.1) is 6.92 Å². The molecule has 5 heteroatoms. The summed E-state index contributed by atoms with van der Waals surface area (Å²) < 4.78 is 1.67. The van der Waals surface area contributed by atoms with Crippen LogP contribution in [-0.4, -0.2) is 25.7 Å². The molecular formula is C10H11N3O2. The molecule has 2 aromatic rings. The summed E-state index contributed by atoms with van der Waals surface area (Å²) in [7, 11) is 0. The second-order valence-corrected chi connectivity index (χ2v) is 3.35. The van der Waals surface area contributed by atoms with E-state index >= 15 is 0 Å². The molecule has 0 atom stereocenters. The van der Waals surface area contributed by atoms with Crippen molar-refractivity contribution in [3.63, 3.8) is 0 Å². The molecule has 0 aromatic carbocycles. The lowest BCUT2D eigenvalue weighted by atomic mass is 10.1. The van der Waals surface area contributed by atoms with Gasteiger partial charge in [0.25, 0.3) is 0 Å². The van der Waals surface area contributed by atoms with Gasteiger partial charge in [-0.05, 0) is 25.0 Å². The molecule has 0 aliphatic heterocycles. The molecule has 0 aliphatic rings. The Morgan fingerprint density at radius 3 is 3.13 bits per heavy atom. The van der Waals surface area contributed by atoms with Crippen LogP contribution in [-0.2, 0) is 11.2 Å². The standard InChI is InChI=1S/C10H11N3O2/c1-7-11-10-8(4-5-9(14)15)3-2-6-13(10)12-7/h2-3,6H,4-5H2,1H3,(H,14,15). The van der Waals surface area contributed by atoms with Crippen LogP contribution in [0.25, 0.3) is 5.65 Å². The number of carboxylic acids is 1. The lowest BCUT2D eigenvalue weighted by Gasteiger charge is -1.99. The Bertz CT molecular complexity index is 504. The number of pyridine rings is 1. The highest BCUT2D eigenvalue weighted by Crippen LogP contribution is 2.10. The molecule has 0 radical (unpaired) electrons. The van der Waals surface area contributed by atoms with Gasteiger partial charge in [0.1, 0.15) is 5.82 Å². The Morgan fingerprint density at radius 1 is 1.60 bits per heavy atom. The summed E-state index contributed by atoms with van der Waals surface area (Å²) in [6.07, 6.45) is 2.41. The van der Waals surface area contributed by atoms with Crippen molar-refractivity contribution in [2.24, 2.45) is 0 Å². The molecule has 15 heavy (non-hydrogen) atoms. The van der Waals surface area contributed by atoms with Crippen molar-refractivity contribution in [1.29, 1.82) is 0 Å². The minimum absolute atomic E-state index is 0.117. The van der Waals surface area contributed by atoms with E-state index in [0.717, 1.165) is 11.2 Å². The maximum atomic E-state index is 10.5. The molecule has 0 fully saturated rings. The van der Waals surface area contributed by atoms with Crippen LogP contribution >= 0.6 is 0 Å². The van der Waals surface area contributed by atoms with Gasteiger partial charge >= 0.3 is 5.97 Å². The molecule has 0 amide bonds. The van der Waals surface area contributed by atoms with E-state index in [4.69, 9.17) is 5.11 Å². The summed E-state index contributed by atoms with van der Waals surface area (Å²) in [5.74, 6) is -0.106. The van der Waals surface area contributed by atoms with E-state index in [1.54, 1.807) is 10.7 Å². The number of nitrogens with zero attached hydrogens (tertiary/aromatic N) is 3. The summed E-state index contributed by atoms with van der Waals surface area (Å²) >= 11 is 0. The largest absolute Gasteiger partial charge is 0.481 e. The molecular weight excluding hydrogens is 194 g/mol. The molecule has 2 aromatic heterocycles. The zero-order chi connectivity index (χ0) is 10.8. The predicted octanol–water partition coefficient (Wildman–Crippen LogP) is 1.05. The zero-order valence-corrected chi connectivity index (χ0v) is 8.34. The third kappa shape index (κ3) is 1.96. The minimum atomic E-state index is -0.798. The van der Waals surface area contributed by atoms with E-state index in [9.17, 15) is 4.79 Å². The third-order valence-corrected chi connectivity index (χ3v) is 2.16. The molecule has 0 aliphatic carbocycles. The first-order chi connectivity index (χ1) is 7.16. The zero-order valence-electron chi connectivity index (χ0n) is 8.34. The van der Waals surface area contributed by atoms with E-state index in [-0.39, 0.29) is 6.42 Å². The number of fused-ring (bicyclic) bond motifs is 1. The van der Waals surface area contributed by atoms with Crippen LogP contribution in [0.1, 0.15) is 17.8 Å². The van der Waals surface area contributed by atoms with Gasteiger partial charge in [0.15, 0.2) is 5.65 Å². The van der Waals surface area contributed by atoms with E-state index < -0.39 is 5.97 Å². The number of aromatic nitrogens is 3. The van der Waals surface area contributed by atoms with Gasteiger partial charge in [-0.2, -0.15) is 5.10 Å². The van der Waals surface area contributed by atoms with Crippen molar-refractivity contribution in [3.8, 4) is 0 Å². The SMILES string of the molecule is Cc1nc2c(CCC(=O)O)cccn2n1. The first-order valence-corrected chi connectivity index (χ1v) is 4.69. The molecule has 2 rings (SSSR count). The molecule has 0 spiro atoms. The van der Waals surface area contributed by atoms with Crippen molar-refractivity contribution < 1.29 is 9.90 Å². The number of hydrogen-bond donors (Lipinski definition) is 1. The van der Waals surface area contributed by atoms with Crippen molar-refractivity contribution in [3.05, 3.63) is 29.7 Å². The van der Waals surface area contributed by atoms with Crippen LogP contribution in [0.15, 0.2) is 18.3 Å². The van der Waals surface area contributed by atoms with Crippen LogP contribution < -0.4 is 0 Å². The van der Waals surface area contributed by atoms with E-state index in [1.165, 1.54) is 0 Å². The van der Waals surface area contributed by atoms with Gasteiger partial charge in [-0.1, -0.05) is 6.07 Å². The van der Waals surface area contributed by atoms with Crippen LogP contribution in [0.3, 0.4) is 0 Å². The molecule has 0 saturated heterocycles. The van der Waals surface area contributed by atoms with Gasteiger partial charge in [0, 0.05) is 12.6 Å². The summed E-state index contributed by atoms with van der Waals surface area (Å²) in [5.41, 5.74) is 1.66. The maximum Gasteiger partial charge on any atom is 0.303 e. The van der Waals surface area contributed by atoms with Crippen molar-refractivity contribution in [2.75, 3.05) is 0 Å². The van der Waals surface area contributed by atoms with Gasteiger partial charge in [-0.15, -0.1) is 0 Å². The molecule has 5 nitrogen and oxygen atoms in total. The topological polar surface area (TPSA) is 67.5 Å². The first kappa shape index (κ1) is 9.64. The number of carbonyl (C=O) groups is 1. The quantitative estimate of drug-likeness (QED) is 0.813. The number of carboxylic acid groups (broad SMARTS) is 1. The smallest absolute Gasteiger partial charge is 0.303 e. The van der Waals surface area contributed by atoms with Gasteiger partial charge in [0.2, 0.25) is 0 Å². The summed E-state index contributed by atoms with van der Waals surface area (Å²) in [5, 5.41) is 12.8. The Kier molecular flexibility index (Phi) is 2.37. The third-order valence-electron chi connectivity index (χ3n) is 2.16. The molecule has 0 unspecified atom stereocenters. The molecule has 2 heterocycles. The van der Waals surface area contributed by atoms with Gasteiger partial charge in [-0.25, -0.2) is 9.50 Å². The van der Waals surface area contributed by atoms with Gasteiger partial charge in [0.05, 0.1) is 0 Å². The summed E-state index contributed by atoms with van der Waals surface area (Å²) in [6, 6.07) is 3.73. The number of hydrogen-bond acceptors (Lipinski definition) is 3. The Hall–Kier alpha value is -1.91. The molecule has 1 N–H and O–H groups in total. The highest BCUT2D eigenvalue weighted by Gasteiger charge is 2.06. The Balaban J connectivity index is 2.37. The average Bonchev–Trinajstić information content (AvgIpc) is 2.55. The Labute approximate surface area is 86.4 Å².